The number of anilines is 1. The highest BCUT2D eigenvalue weighted by Gasteiger charge is 2.30. The molecule has 0 aliphatic heterocycles. The second-order valence-electron chi connectivity index (χ2n) is 7.18. The van der Waals surface area contributed by atoms with Gasteiger partial charge in [-0.2, -0.15) is 13.2 Å². The second-order valence-corrected chi connectivity index (χ2v) is 7.18. The van der Waals surface area contributed by atoms with Crippen molar-refractivity contribution < 1.29 is 37.0 Å². The zero-order valence-corrected chi connectivity index (χ0v) is 18.5. The summed E-state index contributed by atoms with van der Waals surface area (Å²) in [5.41, 5.74) is 0.506. The van der Waals surface area contributed by atoms with Crippen LogP contribution >= 0.6 is 0 Å². The smallest absolute Gasteiger partial charge is 0.434 e. The lowest BCUT2D eigenvalue weighted by Gasteiger charge is -2.13. The summed E-state index contributed by atoms with van der Waals surface area (Å²) in [5, 5.41) is 5.38. The maximum Gasteiger partial charge on any atom is 0.513 e. The van der Waals surface area contributed by atoms with Gasteiger partial charge in [-0.1, -0.05) is 18.2 Å². The average molecular weight is 486 g/mol. The van der Waals surface area contributed by atoms with Crippen molar-refractivity contribution in [3.63, 3.8) is 0 Å². The number of halogens is 3. The van der Waals surface area contributed by atoms with Crippen LogP contribution in [0.5, 0.6) is 5.75 Å². The molecule has 0 spiro atoms. The molecule has 182 valence electrons. The van der Waals surface area contributed by atoms with Crippen LogP contribution in [0.4, 0.5) is 23.7 Å². The quantitative estimate of drug-likeness (QED) is 0.344. The van der Waals surface area contributed by atoms with Crippen LogP contribution in [-0.4, -0.2) is 24.6 Å². The minimum Gasteiger partial charge on any atom is -0.434 e. The van der Waals surface area contributed by atoms with Crippen molar-refractivity contribution in [2.75, 3.05) is 11.9 Å². The van der Waals surface area contributed by atoms with E-state index in [9.17, 15) is 27.6 Å². The molecule has 2 amide bonds. The zero-order valence-electron chi connectivity index (χ0n) is 18.5. The lowest BCUT2D eigenvalue weighted by molar-refractivity contribution is -0.137. The third-order valence-electron chi connectivity index (χ3n) is 4.76. The number of hydrogen-bond donors (Lipinski definition) is 2. The summed E-state index contributed by atoms with van der Waals surface area (Å²) in [6.45, 7) is 1.89. The van der Waals surface area contributed by atoms with Crippen molar-refractivity contribution in [2.24, 2.45) is 0 Å². The van der Waals surface area contributed by atoms with E-state index in [1.807, 2.05) is 0 Å². The van der Waals surface area contributed by atoms with E-state index in [1.54, 1.807) is 31.2 Å². The summed E-state index contributed by atoms with van der Waals surface area (Å²) >= 11 is 0. The standard InChI is InChI=1S/C25H21F3N2O5/c1-2-34-24(33)35-20-13-9-16(10-14-20)22(31)29-15-18-5-3-4-6-21(18)30-23(32)17-7-11-19(12-8-17)25(26,27)28/h3-14H,2,15H2,1H3,(H,29,31)(H,30,32). The number of ether oxygens (including phenoxy) is 2. The van der Waals surface area contributed by atoms with Gasteiger partial charge in [0.2, 0.25) is 0 Å². The molecule has 0 aliphatic carbocycles. The molecule has 7 nitrogen and oxygen atoms in total. The number of para-hydroxylation sites is 1. The summed E-state index contributed by atoms with van der Waals surface area (Å²) in [6, 6.07) is 16.4. The highest BCUT2D eigenvalue weighted by atomic mass is 19.4. The number of nitrogens with one attached hydrogen (secondary N) is 2. The molecule has 3 rings (SSSR count). The fourth-order valence-electron chi connectivity index (χ4n) is 3.00. The summed E-state index contributed by atoms with van der Waals surface area (Å²) < 4.78 is 47.8. The lowest BCUT2D eigenvalue weighted by Crippen LogP contribution is -2.24. The molecule has 0 unspecified atom stereocenters. The van der Waals surface area contributed by atoms with E-state index in [0.29, 0.717) is 16.8 Å². The lowest BCUT2D eigenvalue weighted by atomic mass is 10.1. The van der Waals surface area contributed by atoms with Crippen molar-refractivity contribution in [1.29, 1.82) is 0 Å². The predicted molar refractivity (Wildman–Crippen MR) is 121 cm³/mol. The number of alkyl halides is 3. The van der Waals surface area contributed by atoms with Gasteiger partial charge < -0.3 is 20.1 Å². The Hall–Kier alpha value is -4.34. The minimum atomic E-state index is -4.49. The van der Waals surface area contributed by atoms with Gasteiger partial charge in [-0.05, 0) is 67.1 Å². The summed E-state index contributed by atoms with van der Waals surface area (Å²) in [6.07, 6.45) is -5.34. The fourth-order valence-corrected chi connectivity index (χ4v) is 3.00. The molecular weight excluding hydrogens is 465 g/mol. The van der Waals surface area contributed by atoms with Crippen LogP contribution in [0.25, 0.3) is 0 Å². The van der Waals surface area contributed by atoms with E-state index in [1.165, 1.54) is 24.3 Å². The number of carbonyl (C=O) groups is 3. The molecule has 35 heavy (non-hydrogen) atoms. The van der Waals surface area contributed by atoms with E-state index >= 15 is 0 Å². The van der Waals surface area contributed by atoms with E-state index < -0.39 is 29.7 Å². The largest absolute Gasteiger partial charge is 0.513 e. The van der Waals surface area contributed by atoms with Crippen LogP contribution in [0.1, 0.15) is 38.8 Å². The predicted octanol–water partition coefficient (Wildman–Crippen LogP) is 5.42. The van der Waals surface area contributed by atoms with Gasteiger partial charge in [-0.3, -0.25) is 9.59 Å². The van der Waals surface area contributed by atoms with Gasteiger partial charge >= 0.3 is 12.3 Å². The first-order valence-corrected chi connectivity index (χ1v) is 10.5. The Kier molecular flexibility index (Phi) is 8.08. The van der Waals surface area contributed by atoms with Crippen molar-refractivity contribution in [3.8, 4) is 5.75 Å². The molecule has 0 fully saturated rings. The Balaban J connectivity index is 1.61. The third kappa shape index (κ3) is 7.07. The maximum atomic E-state index is 12.7. The molecule has 3 aromatic carbocycles. The second kappa shape index (κ2) is 11.2. The Morgan fingerprint density at radius 3 is 2.06 bits per heavy atom. The Morgan fingerprint density at radius 1 is 0.829 bits per heavy atom. The third-order valence-corrected chi connectivity index (χ3v) is 4.76. The SMILES string of the molecule is CCOC(=O)Oc1ccc(C(=O)NCc2ccccc2NC(=O)c2ccc(C(F)(F)F)cc2)cc1. The van der Waals surface area contributed by atoms with Crippen LogP contribution in [0.15, 0.2) is 72.8 Å². The van der Waals surface area contributed by atoms with Gasteiger partial charge in [-0.15, -0.1) is 0 Å². The van der Waals surface area contributed by atoms with Gasteiger partial charge in [-0.25, -0.2) is 4.79 Å². The van der Waals surface area contributed by atoms with E-state index in [2.05, 4.69) is 15.4 Å². The summed E-state index contributed by atoms with van der Waals surface area (Å²) in [5.74, 6) is -0.775. The van der Waals surface area contributed by atoms with Crippen molar-refractivity contribution in [2.45, 2.75) is 19.6 Å². The molecule has 0 aliphatic rings. The number of benzene rings is 3. The molecule has 3 aromatic rings. The topological polar surface area (TPSA) is 93.7 Å². The average Bonchev–Trinajstić information content (AvgIpc) is 2.83. The van der Waals surface area contributed by atoms with Crippen LogP contribution in [0.3, 0.4) is 0 Å². The normalized spacial score (nSPS) is 10.9. The minimum absolute atomic E-state index is 0.0574. The van der Waals surface area contributed by atoms with Gasteiger partial charge in [0.25, 0.3) is 11.8 Å². The van der Waals surface area contributed by atoms with Crippen LogP contribution in [0, 0.1) is 0 Å². The molecule has 0 heterocycles. The van der Waals surface area contributed by atoms with Crippen LogP contribution in [0.2, 0.25) is 0 Å². The first-order valence-electron chi connectivity index (χ1n) is 10.5. The Morgan fingerprint density at radius 2 is 1.43 bits per heavy atom. The molecule has 0 bridgehead atoms. The zero-order chi connectivity index (χ0) is 25.4. The first kappa shape index (κ1) is 25.3. The first-order chi connectivity index (χ1) is 16.7. The monoisotopic (exact) mass is 486 g/mol. The van der Waals surface area contributed by atoms with E-state index in [0.717, 1.165) is 24.3 Å². The van der Waals surface area contributed by atoms with Gasteiger partial charge in [0.15, 0.2) is 0 Å². The number of hydrogen-bond acceptors (Lipinski definition) is 5. The van der Waals surface area contributed by atoms with Crippen LogP contribution < -0.4 is 15.4 Å². The molecule has 0 aromatic heterocycles. The fraction of sp³-hybridized carbons (Fsp3) is 0.160. The van der Waals surface area contributed by atoms with Gasteiger partial charge in [0.1, 0.15) is 5.75 Å². The molecule has 0 atom stereocenters. The Labute approximate surface area is 198 Å². The van der Waals surface area contributed by atoms with Gasteiger partial charge in [0, 0.05) is 23.4 Å². The summed E-state index contributed by atoms with van der Waals surface area (Å²) in [4.78, 5) is 36.4. The number of amides is 2. The van der Waals surface area contributed by atoms with Crippen LogP contribution in [-0.2, 0) is 17.5 Å². The van der Waals surface area contributed by atoms with E-state index in [-0.39, 0.29) is 24.5 Å². The summed E-state index contributed by atoms with van der Waals surface area (Å²) in [7, 11) is 0. The molecule has 2 N–H and O–H groups in total. The Bertz CT molecular complexity index is 1190. The number of rotatable bonds is 7. The highest BCUT2D eigenvalue weighted by molar-refractivity contribution is 6.04. The molecule has 10 heteroatoms. The van der Waals surface area contributed by atoms with Gasteiger partial charge in [0.05, 0.1) is 12.2 Å². The van der Waals surface area contributed by atoms with Crippen molar-refractivity contribution >= 4 is 23.7 Å². The maximum absolute atomic E-state index is 12.7. The van der Waals surface area contributed by atoms with Crippen molar-refractivity contribution in [3.05, 3.63) is 95.1 Å². The van der Waals surface area contributed by atoms with E-state index in [4.69, 9.17) is 4.74 Å². The molecular formula is C25H21F3N2O5. The van der Waals surface area contributed by atoms with Crippen molar-refractivity contribution in [1.82, 2.24) is 5.32 Å². The number of carbonyl (C=O) groups excluding carboxylic acids is 3. The highest BCUT2D eigenvalue weighted by Crippen LogP contribution is 2.29. The molecule has 0 radical (unpaired) electrons. The molecule has 0 saturated heterocycles. The molecule has 0 saturated carbocycles.